The van der Waals surface area contributed by atoms with Crippen molar-refractivity contribution in [2.24, 2.45) is 0 Å². The third-order valence-electron chi connectivity index (χ3n) is 4.60. The monoisotopic (exact) mass is 388 g/mol. The van der Waals surface area contributed by atoms with Gasteiger partial charge in [-0.2, -0.15) is 0 Å². The van der Waals surface area contributed by atoms with E-state index < -0.39 is 16.1 Å². The Balaban J connectivity index is 2.28. The number of nitrogens with one attached hydrogen (secondary N) is 1. The maximum Gasteiger partial charge on any atom is 0.244 e. The van der Waals surface area contributed by atoms with Crippen LogP contribution in [0.25, 0.3) is 0 Å². The van der Waals surface area contributed by atoms with Crippen molar-refractivity contribution >= 4 is 21.6 Å². The number of amides is 1. The standard InChI is InChI=1S/C21H28N2O3S/c1-14-8-7-9-19(12-14)23(27(6,25)26)18(5)21(24)22-17(4)20-13-15(2)10-11-16(20)3/h7-13,17-18H,1-6H3,(H,22,24). The van der Waals surface area contributed by atoms with Crippen molar-refractivity contribution in [1.29, 1.82) is 0 Å². The maximum absolute atomic E-state index is 12.9. The normalized spacial score (nSPS) is 13.7. The quantitative estimate of drug-likeness (QED) is 0.821. The summed E-state index contributed by atoms with van der Waals surface area (Å²) >= 11 is 0. The van der Waals surface area contributed by atoms with Crippen LogP contribution in [0.3, 0.4) is 0 Å². The van der Waals surface area contributed by atoms with Crippen LogP contribution in [0.1, 0.15) is 42.1 Å². The molecule has 0 fully saturated rings. The highest BCUT2D eigenvalue weighted by molar-refractivity contribution is 7.92. The molecule has 6 heteroatoms. The second-order valence-electron chi connectivity index (χ2n) is 7.16. The van der Waals surface area contributed by atoms with E-state index >= 15 is 0 Å². The summed E-state index contributed by atoms with van der Waals surface area (Å²) in [5.41, 5.74) is 4.64. The molecule has 5 nitrogen and oxygen atoms in total. The van der Waals surface area contributed by atoms with Gasteiger partial charge in [-0.3, -0.25) is 9.10 Å². The van der Waals surface area contributed by atoms with Crippen molar-refractivity contribution < 1.29 is 13.2 Å². The van der Waals surface area contributed by atoms with E-state index in [0.717, 1.165) is 28.5 Å². The highest BCUT2D eigenvalue weighted by Crippen LogP contribution is 2.23. The SMILES string of the molecule is Cc1cccc(N(C(C)C(=O)NC(C)c2cc(C)ccc2C)S(C)(=O)=O)c1. The van der Waals surface area contributed by atoms with Crippen LogP contribution in [-0.2, 0) is 14.8 Å². The first-order valence-electron chi connectivity index (χ1n) is 8.94. The first kappa shape index (κ1) is 21.0. The van der Waals surface area contributed by atoms with E-state index in [1.54, 1.807) is 25.1 Å². The molecule has 0 aliphatic carbocycles. The highest BCUT2D eigenvalue weighted by atomic mass is 32.2. The fourth-order valence-electron chi connectivity index (χ4n) is 3.21. The third kappa shape index (κ3) is 5.10. The minimum Gasteiger partial charge on any atom is -0.348 e. The van der Waals surface area contributed by atoms with Gasteiger partial charge in [0, 0.05) is 0 Å². The predicted octanol–water partition coefficient (Wildman–Crippen LogP) is 3.64. The molecule has 2 unspecified atom stereocenters. The van der Waals surface area contributed by atoms with Gasteiger partial charge < -0.3 is 5.32 Å². The number of carbonyl (C=O) groups excluding carboxylic acids is 1. The van der Waals surface area contributed by atoms with Crippen LogP contribution in [0.2, 0.25) is 0 Å². The summed E-state index contributed by atoms with van der Waals surface area (Å²) in [4.78, 5) is 12.9. The molecule has 0 aliphatic heterocycles. The first-order valence-corrected chi connectivity index (χ1v) is 10.8. The molecule has 0 spiro atoms. The van der Waals surface area contributed by atoms with Crippen LogP contribution >= 0.6 is 0 Å². The Labute approximate surface area is 162 Å². The van der Waals surface area contributed by atoms with E-state index in [4.69, 9.17) is 0 Å². The Morgan fingerprint density at radius 1 is 1.00 bits per heavy atom. The number of rotatable bonds is 6. The molecular formula is C21H28N2O3S. The molecule has 1 N–H and O–H groups in total. The van der Waals surface area contributed by atoms with Crippen LogP contribution in [0.4, 0.5) is 5.69 Å². The van der Waals surface area contributed by atoms with Gasteiger partial charge in [0.25, 0.3) is 0 Å². The zero-order chi connectivity index (χ0) is 20.4. The molecule has 0 aromatic heterocycles. The Morgan fingerprint density at radius 2 is 1.63 bits per heavy atom. The van der Waals surface area contributed by atoms with Gasteiger partial charge in [-0.1, -0.05) is 35.9 Å². The van der Waals surface area contributed by atoms with Crippen molar-refractivity contribution in [2.75, 3.05) is 10.6 Å². The lowest BCUT2D eigenvalue weighted by atomic mass is 10.00. The van der Waals surface area contributed by atoms with Gasteiger partial charge in [-0.25, -0.2) is 8.42 Å². The molecule has 0 saturated carbocycles. The number of benzene rings is 2. The number of hydrogen-bond donors (Lipinski definition) is 1. The van der Waals surface area contributed by atoms with Crippen molar-refractivity contribution in [3.05, 3.63) is 64.7 Å². The molecule has 2 rings (SSSR count). The van der Waals surface area contributed by atoms with E-state index in [9.17, 15) is 13.2 Å². The molecule has 2 aromatic carbocycles. The van der Waals surface area contributed by atoms with Gasteiger partial charge >= 0.3 is 0 Å². The van der Waals surface area contributed by atoms with Gasteiger partial charge in [-0.15, -0.1) is 0 Å². The smallest absolute Gasteiger partial charge is 0.244 e. The predicted molar refractivity (Wildman–Crippen MR) is 110 cm³/mol. The Kier molecular flexibility index (Phi) is 6.31. The Morgan fingerprint density at radius 3 is 2.22 bits per heavy atom. The van der Waals surface area contributed by atoms with Gasteiger partial charge in [0.1, 0.15) is 6.04 Å². The molecule has 0 heterocycles. The number of anilines is 1. The Hall–Kier alpha value is -2.34. The molecule has 27 heavy (non-hydrogen) atoms. The number of sulfonamides is 1. The number of nitrogens with zero attached hydrogens (tertiary/aromatic N) is 1. The minimum absolute atomic E-state index is 0.223. The summed E-state index contributed by atoms with van der Waals surface area (Å²) in [6.07, 6.45) is 1.12. The zero-order valence-electron chi connectivity index (χ0n) is 16.8. The summed E-state index contributed by atoms with van der Waals surface area (Å²) in [5.74, 6) is -0.338. The molecule has 0 saturated heterocycles. The lowest BCUT2D eigenvalue weighted by Gasteiger charge is -2.29. The van der Waals surface area contributed by atoms with Crippen LogP contribution in [-0.4, -0.2) is 26.6 Å². The summed E-state index contributed by atoms with van der Waals surface area (Å²) in [5, 5.41) is 2.96. The number of carbonyl (C=O) groups is 1. The Bertz CT molecular complexity index is 938. The lowest BCUT2D eigenvalue weighted by molar-refractivity contribution is -0.122. The van der Waals surface area contributed by atoms with E-state index in [-0.39, 0.29) is 11.9 Å². The first-order chi connectivity index (χ1) is 12.5. The largest absolute Gasteiger partial charge is 0.348 e. The third-order valence-corrected chi connectivity index (χ3v) is 5.85. The minimum atomic E-state index is -3.62. The van der Waals surface area contributed by atoms with Crippen LogP contribution in [0, 0.1) is 20.8 Å². The lowest BCUT2D eigenvalue weighted by Crippen LogP contribution is -2.48. The van der Waals surface area contributed by atoms with Crippen molar-refractivity contribution in [3.63, 3.8) is 0 Å². The molecule has 2 atom stereocenters. The molecule has 1 amide bonds. The molecule has 2 aromatic rings. The van der Waals surface area contributed by atoms with E-state index in [1.165, 1.54) is 4.31 Å². The number of hydrogen-bond acceptors (Lipinski definition) is 3. The van der Waals surface area contributed by atoms with E-state index in [1.807, 2.05) is 52.0 Å². The van der Waals surface area contributed by atoms with Crippen molar-refractivity contribution in [1.82, 2.24) is 5.32 Å². The van der Waals surface area contributed by atoms with Crippen LogP contribution in [0.15, 0.2) is 42.5 Å². The molecule has 146 valence electrons. The van der Waals surface area contributed by atoms with Gasteiger partial charge in [0.2, 0.25) is 15.9 Å². The molecule has 0 aliphatic rings. The average Bonchev–Trinajstić information content (AvgIpc) is 2.55. The average molecular weight is 389 g/mol. The summed E-state index contributed by atoms with van der Waals surface area (Å²) in [6.45, 7) is 9.40. The van der Waals surface area contributed by atoms with E-state index in [0.29, 0.717) is 5.69 Å². The zero-order valence-corrected chi connectivity index (χ0v) is 17.6. The van der Waals surface area contributed by atoms with Gasteiger partial charge in [0.15, 0.2) is 0 Å². The molecule has 0 bridgehead atoms. The van der Waals surface area contributed by atoms with E-state index in [2.05, 4.69) is 5.32 Å². The summed E-state index contributed by atoms with van der Waals surface area (Å²) in [6, 6.07) is 12.1. The second-order valence-corrected chi connectivity index (χ2v) is 9.02. The number of aryl methyl sites for hydroxylation is 3. The van der Waals surface area contributed by atoms with Gasteiger partial charge in [0.05, 0.1) is 18.0 Å². The molecular weight excluding hydrogens is 360 g/mol. The van der Waals surface area contributed by atoms with Crippen LogP contribution in [0.5, 0.6) is 0 Å². The second kappa shape index (κ2) is 8.13. The van der Waals surface area contributed by atoms with Crippen molar-refractivity contribution in [3.8, 4) is 0 Å². The summed E-state index contributed by atoms with van der Waals surface area (Å²) < 4.78 is 26.0. The fraction of sp³-hybridized carbons (Fsp3) is 0.381. The fourth-order valence-corrected chi connectivity index (χ4v) is 4.38. The van der Waals surface area contributed by atoms with Gasteiger partial charge in [-0.05, 0) is 63.4 Å². The van der Waals surface area contributed by atoms with Crippen molar-refractivity contribution in [2.45, 2.75) is 46.7 Å². The topological polar surface area (TPSA) is 66.5 Å². The highest BCUT2D eigenvalue weighted by Gasteiger charge is 2.30. The molecule has 0 radical (unpaired) electrons. The maximum atomic E-state index is 12.9. The summed E-state index contributed by atoms with van der Waals surface area (Å²) in [7, 11) is -3.62. The van der Waals surface area contributed by atoms with Crippen LogP contribution < -0.4 is 9.62 Å².